The van der Waals surface area contributed by atoms with E-state index in [0.717, 1.165) is 32.1 Å². The molecule has 0 bridgehead atoms. The quantitative estimate of drug-likeness (QED) is 0.907. The molecule has 2 heterocycles. The SMILES string of the molecule is CCn1cnc(S(=O)(=O)N2CCCC2C2CCCC2O)c1. The Labute approximate surface area is 125 Å². The maximum atomic E-state index is 12.8. The molecule has 1 aliphatic heterocycles. The summed E-state index contributed by atoms with van der Waals surface area (Å²) < 4.78 is 29.0. The Morgan fingerprint density at radius 2 is 2.14 bits per heavy atom. The van der Waals surface area contributed by atoms with Crippen LogP contribution in [0.4, 0.5) is 0 Å². The van der Waals surface area contributed by atoms with Crippen molar-refractivity contribution in [1.82, 2.24) is 13.9 Å². The number of imidazole rings is 1. The van der Waals surface area contributed by atoms with Crippen molar-refractivity contribution in [3.05, 3.63) is 12.5 Å². The fourth-order valence-corrected chi connectivity index (χ4v) is 5.35. The van der Waals surface area contributed by atoms with Crippen LogP contribution in [0.3, 0.4) is 0 Å². The van der Waals surface area contributed by atoms with Crippen molar-refractivity contribution >= 4 is 10.0 Å². The summed E-state index contributed by atoms with van der Waals surface area (Å²) in [7, 11) is -3.55. The highest BCUT2D eigenvalue weighted by molar-refractivity contribution is 7.89. The van der Waals surface area contributed by atoms with Crippen molar-refractivity contribution < 1.29 is 13.5 Å². The van der Waals surface area contributed by atoms with Crippen LogP contribution < -0.4 is 0 Å². The number of hydrogen-bond acceptors (Lipinski definition) is 4. The second-order valence-electron chi connectivity index (χ2n) is 6.03. The number of aryl methyl sites for hydroxylation is 1. The van der Waals surface area contributed by atoms with Crippen molar-refractivity contribution in [1.29, 1.82) is 0 Å². The first-order chi connectivity index (χ1) is 10.0. The molecule has 118 valence electrons. The van der Waals surface area contributed by atoms with Crippen LogP contribution in [0.2, 0.25) is 0 Å². The van der Waals surface area contributed by atoms with Crippen molar-refractivity contribution in [3.63, 3.8) is 0 Å². The molecule has 6 nitrogen and oxygen atoms in total. The van der Waals surface area contributed by atoms with E-state index in [-0.39, 0.29) is 23.1 Å². The number of nitrogens with zero attached hydrogens (tertiary/aromatic N) is 3. The minimum absolute atomic E-state index is 0.0701. The molecule has 3 rings (SSSR count). The van der Waals surface area contributed by atoms with Crippen molar-refractivity contribution in [2.75, 3.05) is 6.54 Å². The lowest BCUT2D eigenvalue weighted by molar-refractivity contribution is 0.0974. The highest BCUT2D eigenvalue weighted by Crippen LogP contribution is 2.38. The Balaban J connectivity index is 1.86. The summed E-state index contributed by atoms with van der Waals surface area (Å²) in [5, 5.41) is 10.2. The van der Waals surface area contributed by atoms with Crippen LogP contribution in [0, 0.1) is 5.92 Å². The number of hydrogen-bond donors (Lipinski definition) is 1. The molecule has 1 N–H and O–H groups in total. The highest BCUT2D eigenvalue weighted by atomic mass is 32.2. The van der Waals surface area contributed by atoms with Gasteiger partial charge in [-0.3, -0.25) is 0 Å². The molecule has 1 saturated heterocycles. The third-order valence-electron chi connectivity index (χ3n) is 4.82. The van der Waals surface area contributed by atoms with Crippen molar-refractivity contribution in [2.45, 2.75) is 62.7 Å². The number of aliphatic hydroxyl groups is 1. The smallest absolute Gasteiger partial charge is 0.262 e. The average Bonchev–Trinajstić information content (AvgIpc) is 3.18. The van der Waals surface area contributed by atoms with Crippen molar-refractivity contribution in [2.24, 2.45) is 5.92 Å². The standard InChI is InChI=1S/C14H23N3O3S/c1-2-16-9-14(15-10-16)21(19,20)17-8-4-6-12(17)11-5-3-7-13(11)18/h9-13,18H,2-8H2,1H3. The molecule has 1 aromatic heterocycles. The molecular formula is C14H23N3O3S. The van der Waals surface area contributed by atoms with E-state index in [1.54, 1.807) is 21.4 Å². The Bertz CT molecular complexity index is 598. The van der Waals surface area contributed by atoms with E-state index in [0.29, 0.717) is 13.1 Å². The predicted molar refractivity (Wildman–Crippen MR) is 78.2 cm³/mol. The molecule has 2 fully saturated rings. The zero-order valence-corrected chi connectivity index (χ0v) is 13.2. The summed E-state index contributed by atoms with van der Waals surface area (Å²) in [6.45, 7) is 3.19. The molecule has 0 aromatic carbocycles. The molecule has 1 aromatic rings. The second kappa shape index (κ2) is 5.70. The van der Waals surface area contributed by atoms with Crippen LogP contribution in [-0.2, 0) is 16.6 Å². The van der Waals surface area contributed by atoms with E-state index in [2.05, 4.69) is 4.98 Å². The molecule has 1 aliphatic carbocycles. The Hall–Kier alpha value is -0.920. The molecule has 21 heavy (non-hydrogen) atoms. The summed E-state index contributed by atoms with van der Waals surface area (Å²) in [6.07, 6.45) is 7.19. The van der Waals surface area contributed by atoms with Gasteiger partial charge in [0.1, 0.15) is 0 Å². The van der Waals surface area contributed by atoms with Crippen LogP contribution in [0.1, 0.15) is 39.0 Å². The van der Waals surface area contributed by atoms with Gasteiger partial charge in [0.2, 0.25) is 0 Å². The van der Waals surface area contributed by atoms with Gasteiger partial charge in [0.15, 0.2) is 5.03 Å². The predicted octanol–water partition coefficient (Wildman–Crippen LogP) is 1.22. The van der Waals surface area contributed by atoms with E-state index >= 15 is 0 Å². The topological polar surface area (TPSA) is 75.4 Å². The normalized spacial score (nSPS) is 31.0. The van der Waals surface area contributed by atoms with Gasteiger partial charge >= 0.3 is 0 Å². The third kappa shape index (κ3) is 2.62. The minimum Gasteiger partial charge on any atom is -0.393 e. The average molecular weight is 313 g/mol. The first kappa shape index (κ1) is 15.0. The van der Waals surface area contributed by atoms with Gasteiger partial charge in [0, 0.05) is 31.2 Å². The Morgan fingerprint density at radius 1 is 1.33 bits per heavy atom. The molecule has 0 spiro atoms. The molecule has 3 unspecified atom stereocenters. The number of sulfonamides is 1. The summed E-state index contributed by atoms with van der Waals surface area (Å²) >= 11 is 0. The lowest BCUT2D eigenvalue weighted by Crippen LogP contribution is -2.42. The molecule has 7 heteroatoms. The number of aliphatic hydroxyl groups excluding tert-OH is 1. The summed E-state index contributed by atoms with van der Waals surface area (Å²) in [5.74, 6) is 0.0792. The maximum absolute atomic E-state index is 12.8. The third-order valence-corrected chi connectivity index (χ3v) is 6.63. The van der Waals surface area contributed by atoms with Crippen LogP contribution >= 0.6 is 0 Å². The van der Waals surface area contributed by atoms with Gasteiger partial charge in [-0.1, -0.05) is 6.42 Å². The zero-order valence-electron chi connectivity index (χ0n) is 12.4. The van der Waals surface area contributed by atoms with Gasteiger partial charge in [-0.25, -0.2) is 13.4 Å². The van der Waals surface area contributed by atoms with E-state index in [9.17, 15) is 13.5 Å². The molecule has 2 aliphatic rings. The molecular weight excluding hydrogens is 290 g/mol. The number of aromatic nitrogens is 2. The van der Waals surface area contributed by atoms with Gasteiger partial charge in [0.05, 0.1) is 12.4 Å². The first-order valence-electron chi connectivity index (χ1n) is 7.75. The van der Waals surface area contributed by atoms with Crippen LogP contribution in [0.5, 0.6) is 0 Å². The van der Waals surface area contributed by atoms with E-state index in [1.807, 2.05) is 6.92 Å². The highest BCUT2D eigenvalue weighted by Gasteiger charge is 2.44. The largest absolute Gasteiger partial charge is 0.393 e. The Kier molecular flexibility index (Phi) is 4.07. The van der Waals surface area contributed by atoms with Gasteiger partial charge in [-0.05, 0) is 32.6 Å². The van der Waals surface area contributed by atoms with Gasteiger partial charge in [-0.2, -0.15) is 4.31 Å². The fraction of sp³-hybridized carbons (Fsp3) is 0.786. The fourth-order valence-electron chi connectivity index (χ4n) is 3.68. The van der Waals surface area contributed by atoms with E-state index in [1.165, 1.54) is 0 Å². The van der Waals surface area contributed by atoms with Gasteiger partial charge in [0.25, 0.3) is 10.0 Å². The van der Waals surface area contributed by atoms with Crippen LogP contribution in [-0.4, -0.2) is 46.1 Å². The number of rotatable bonds is 4. The minimum atomic E-state index is -3.55. The van der Waals surface area contributed by atoms with Crippen LogP contribution in [0.25, 0.3) is 0 Å². The lowest BCUT2D eigenvalue weighted by Gasteiger charge is -2.29. The van der Waals surface area contributed by atoms with Gasteiger partial charge in [-0.15, -0.1) is 0 Å². The monoisotopic (exact) mass is 313 g/mol. The van der Waals surface area contributed by atoms with E-state index < -0.39 is 10.0 Å². The van der Waals surface area contributed by atoms with Crippen LogP contribution in [0.15, 0.2) is 17.6 Å². The summed E-state index contributed by atoms with van der Waals surface area (Å²) in [6, 6.07) is -0.0701. The molecule has 0 amide bonds. The molecule has 1 saturated carbocycles. The molecule has 0 radical (unpaired) electrons. The molecule has 3 atom stereocenters. The lowest BCUT2D eigenvalue weighted by atomic mass is 9.95. The summed E-state index contributed by atoms with van der Waals surface area (Å²) in [4.78, 5) is 4.05. The zero-order chi connectivity index (χ0) is 15.0. The second-order valence-corrected chi connectivity index (χ2v) is 7.87. The van der Waals surface area contributed by atoms with Crippen molar-refractivity contribution in [3.8, 4) is 0 Å². The Morgan fingerprint density at radius 3 is 2.76 bits per heavy atom. The van der Waals surface area contributed by atoms with Gasteiger partial charge < -0.3 is 9.67 Å². The summed E-state index contributed by atoms with van der Waals surface area (Å²) in [5.41, 5.74) is 0. The first-order valence-corrected chi connectivity index (χ1v) is 9.19. The van der Waals surface area contributed by atoms with E-state index in [4.69, 9.17) is 0 Å². The maximum Gasteiger partial charge on any atom is 0.262 e.